The molecular weight excluding hydrogens is 314 g/mol. The van der Waals surface area contributed by atoms with Gasteiger partial charge < -0.3 is 11.1 Å². The zero-order chi connectivity index (χ0) is 18.0. The van der Waals surface area contributed by atoms with Gasteiger partial charge in [0.2, 0.25) is 0 Å². The Hall–Kier alpha value is -3.15. The fraction of sp³-hybridized carbons (Fsp3) is 0.211. The zero-order valence-corrected chi connectivity index (χ0v) is 14.5. The molecule has 3 N–H and O–H groups in total. The lowest BCUT2D eigenvalue weighted by Crippen LogP contribution is -2.15. The number of hydrogen-bond acceptors (Lipinski definition) is 4. The monoisotopic (exact) mass is 335 g/mol. The maximum Gasteiger partial charge on any atom is 0.280 e. The van der Waals surface area contributed by atoms with Crippen molar-refractivity contribution in [2.45, 2.75) is 26.7 Å². The third-order valence-electron chi connectivity index (χ3n) is 4.03. The quantitative estimate of drug-likeness (QED) is 0.763. The van der Waals surface area contributed by atoms with Crippen LogP contribution in [0.3, 0.4) is 0 Å². The van der Waals surface area contributed by atoms with Crippen LogP contribution in [0.25, 0.3) is 5.69 Å². The van der Waals surface area contributed by atoms with Gasteiger partial charge in [0.1, 0.15) is 0 Å². The summed E-state index contributed by atoms with van der Waals surface area (Å²) in [6.07, 6.45) is 0. The van der Waals surface area contributed by atoms with Crippen molar-refractivity contribution in [3.8, 4) is 5.69 Å². The van der Waals surface area contributed by atoms with E-state index in [1.807, 2.05) is 55.5 Å². The molecule has 0 bridgehead atoms. The lowest BCUT2D eigenvalue weighted by atomic mass is 10.0. The molecule has 6 nitrogen and oxygen atoms in total. The zero-order valence-electron chi connectivity index (χ0n) is 14.5. The van der Waals surface area contributed by atoms with Crippen LogP contribution in [0.4, 0.5) is 11.5 Å². The Kier molecular flexibility index (Phi) is 4.52. The number of nitrogen functional groups attached to an aromatic ring is 1. The predicted molar refractivity (Wildman–Crippen MR) is 99.0 cm³/mol. The molecule has 0 spiro atoms. The minimum absolute atomic E-state index is 0.105. The summed E-state index contributed by atoms with van der Waals surface area (Å²) in [5.74, 6) is 0.270. The van der Waals surface area contributed by atoms with Crippen molar-refractivity contribution in [2.75, 3.05) is 11.1 Å². The highest BCUT2D eigenvalue weighted by Crippen LogP contribution is 2.20. The van der Waals surface area contributed by atoms with Gasteiger partial charge in [-0.15, -0.1) is 5.10 Å². The molecule has 1 amide bonds. The highest BCUT2D eigenvalue weighted by molar-refractivity contribution is 6.05. The summed E-state index contributed by atoms with van der Waals surface area (Å²) >= 11 is 0. The van der Waals surface area contributed by atoms with Crippen molar-refractivity contribution in [1.82, 2.24) is 15.0 Å². The first-order valence-corrected chi connectivity index (χ1v) is 8.15. The Bertz CT molecular complexity index is 879. The number of carbonyl (C=O) groups is 1. The molecule has 2 aromatic carbocycles. The highest BCUT2D eigenvalue weighted by atomic mass is 16.2. The van der Waals surface area contributed by atoms with Crippen LogP contribution in [0, 0.1) is 6.92 Å². The van der Waals surface area contributed by atoms with Gasteiger partial charge in [0.15, 0.2) is 11.5 Å². The van der Waals surface area contributed by atoms with E-state index in [2.05, 4.69) is 29.5 Å². The Balaban J connectivity index is 1.82. The van der Waals surface area contributed by atoms with Crippen molar-refractivity contribution >= 4 is 17.4 Å². The number of hydrogen-bond donors (Lipinski definition) is 2. The third kappa shape index (κ3) is 3.52. The Labute approximate surface area is 146 Å². The molecule has 0 aliphatic heterocycles. The molecule has 1 heterocycles. The number of amides is 1. The van der Waals surface area contributed by atoms with Crippen LogP contribution >= 0.6 is 0 Å². The van der Waals surface area contributed by atoms with Gasteiger partial charge in [0, 0.05) is 5.69 Å². The first-order chi connectivity index (χ1) is 12.0. The maximum absolute atomic E-state index is 12.4. The molecule has 0 radical (unpaired) electrons. The highest BCUT2D eigenvalue weighted by Gasteiger charge is 2.18. The van der Waals surface area contributed by atoms with E-state index in [1.54, 1.807) is 0 Å². The topological polar surface area (TPSA) is 85.8 Å². The van der Waals surface area contributed by atoms with E-state index < -0.39 is 0 Å². The second kappa shape index (κ2) is 6.76. The minimum Gasteiger partial charge on any atom is -0.382 e. The number of nitrogens with one attached hydrogen (secondary N) is 1. The molecule has 1 aromatic heterocycles. The second-order valence-corrected chi connectivity index (χ2v) is 6.30. The number of aryl methyl sites for hydroxylation is 1. The van der Waals surface area contributed by atoms with E-state index in [9.17, 15) is 4.79 Å². The number of benzene rings is 2. The van der Waals surface area contributed by atoms with E-state index in [-0.39, 0.29) is 17.4 Å². The van der Waals surface area contributed by atoms with Crippen LogP contribution in [-0.2, 0) is 0 Å². The average Bonchev–Trinajstić information content (AvgIpc) is 2.98. The molecule has 3 aromatic rings. The lowest BCUT2D eigenvalue weighted by molar-refractivity contribution is 0.102. The van der Waals surface area contributed by atoms with E-state index in [1.165, 1.54) is 10.2 Å². The molecule has 3 rings (SSSR count). The molecule has 0 aliphatic rings. The summed E-state index contributed by atoms with van der Waals surface area (Å²) < 4.78 is 1.47. The largest absolute Gasteiger partial charge is 0.382 e. The van der Waals surface area contributed by atoms with Crippen LogP contribution in [0.1, 0.15) is 41.4 Å². The van der Waals surface area contributed by atoms with Crippen molar-refractivity contribution in [1.29, 1.82) is 0 Å². The summed E-state index contributed by atoms with van der Waals surface area (Å²) in [6.45, 7) is 6.25. The standard InChI is InChI=1S/C19H21N5O/c1-12(2)14-6-10-16(11-7-14)24-18(20)17(22-23-24)19(25)21-15-8-4-13(3)5-9-15/h4-12H,20H2,1-3H3,(H,21,25). The van der Waals surface area contributed by atoms with Crippen LogP contribution in [-0.4, -0.2) is 20.9 Å². The van der Waals surface area contributed by atoms with E-state index in [4.69, 9.17) is 5.73 Å². The summed E-state index contributed by atoms with van der Waals surface area (Å²) in [5.41, 5.74) is 9.99. The summed E-state index contributed by atoms with van der Waals surface area (Å²) in [4.78, 5) is 12.4. The molecule has 128 valence electrons. The molecule has 0 unspecified atom stereocenters. The van der Waals surface area contributed by atoms with E-state index >= 15 is 0 Å². The number of aromatic nitrogens is 3. The molecular formula is C19H21N5O. The normalized spacial score (nSPS) is 10.9. The Morgan fingerprint density at radius 1 is 1.08 bits per heavy atom. The van der Waals surface area contributed by atoms with Crippen LogP contribution in [0.5, 0.6) is 0 Å². The fourth-order valence-corrected chi connectivity index (χ4v) is 2.47. The first-order valence-electron chi connectivity index (χ1n) is 8.15. The average molecular weight is 335 g/mol. The molecule has 0 saturated carbocycles. The van der Waals surface area contributed by atoms with Crippen molar-refractivity contribution in [3.05, 3.63) is 65.4 Å². The van der Waals surface area contributed by atoms with Gasteiger partial charge in [-0.25, -0.2) is 0 Å². The van der Waals surface area contributed by atoms with E-state index in [0.29, 0.717) is 11.6 Å². The van der Waals surface area contributed by atoms with Crippen LogP contribution in [0.2, 0.25) is 0 Å². The van der Waals surface area contributed by atoms with Gasteiger partial charge in [-0.3, -0.25) is 4.79 Å². The van der Waals surface area contributed by atoms with Crippen LogP contribution in [0.15, 0.2) is 48.5 Å². The molecule has 0 fully saturated rings. The number of rotatable bonds is 4. The predicted octanol–water partition coefficient (Wildman–Crippen LogP) is 3.53. The smallest absolute Gasteiger partial charge is 0.280 e. The number of anilines is 2. The lowest BCUT2D eigenvalue weighted by Gasteiger charge is -2.08. The number of carbonyl (C=O) groups excluding carboxylic acids is 1. The Morgan fingerprint density at radius 3 is 2.32 bits per heavy atom. The van der Waals surface area contributed by atoms with Gasteiger partial charge in [-0.1, -0.05) is 48.9 Å². The fourth-order valence-electron chi connectivity index (χ4n) is 2.47. The van der Waals surface area contributed by atoms with Gasteiger partial charge in [0.05, 0.1) is 5.69 Å². The van der Waals surface area contributed by atoms with Gasteiger partial charge in [-0.2, -0.15) is 4.68 Å². The van der Waals surface area contributed by atoms with Crippen molar-refractivity contribution in [3.63, 3.8) is 0 Å². The first kappa shape index (κ1) is 16.7. The second-order valence-electron chi connectivity index (χ2n) is 6.30. The summed E-state index contributed by atoms with van der Waals surface area (Å²) in [5, 5.41) is 10.7. The van der Waals surface area contributed by atoms with Crippen molar-refractivity contribution in [2.24, 2.45) is 0 Å². The third-order valence-corrected chi connectivity index (χ3v) is 4.03. The number of nitrogens with zero attached hydrogens (tertiary/aromatic N) is 3. The number of nitrogens with two attached hydrogens (primary N) is 1. The van der Waals surface area contributed by atoms with Gasteiger partial charge in [-0.05, 0) is 42.7 Å². The molecule has 0 aliphatic carbocycles. The van der Waals surface area contributed by atoms with Gasteiger partial charge >= 0.3 is 0 Å². The molecule has 25 heavy (non-hydrogen) atoms. The van der Waals surface area contributed by atoms with Crippen LogP contribution < -0.4 is 11.1 Å². The summed E-state index contributed by atoms with van der Waals surface area (Å²) in [6, 6.07) is 15.4. The summed E-state index contributed by atoms with van der Waals surface area (Å²) in [7, 11) is 0. The SMILES string of the molecule is Cc1ccc(NC(=O)c2nnn(-c3ccc(C(C)C)cc3)c2N)cc1. The van der Waals surface area contributed by atoms with E-state index in [0.717, 1.165) is 11.3 Å². The molecule has 0 atom stereocenters. The Morgan fingerprint density at radius 2 is 1.72 bits per heavy atom. The van der Waals surface area contributed by atoms with Crippen molar-refractivity contribution < 1.29 is 4.79 Å². The minimum atomic E-state index is -0.383. The maximum atomic E-state index is 12.4. The molecule has 0 saturated heterocycles. The molecule has 6 heteroatoms. The van der Waals surface area contributed by atoms with Gasteiger partial charge in [0.25, 0.3) is 5.91 Å².